The number of carbonyl (C=O) groups excluding carboxylic acids is 1. The first-order valence-corrected chi connectivity index (χ1v) is 6.72. The number of nitrogens with one attached hydrogen (secondary N) is 2. The lowest BCUT2D eigenvalue weighted by Crippen LogP contribution is -2.26. The van der Waals surface area contributed by atoms with E-state index in [0.717, 1.165) is 0 Å². The number of rotatable bonds is 4. The first-order chi connectivity index (χ1) is 7.79. The van der Waals surface area contributed by atoms with Crippen LogP contribution in [-0.4, -0.2) is 31.1 Å². The molecule has 0 aromatic carbocycles. The Balaban J connectivity index is 3.39. The molecule has 0 aliphatic heterocycles. The molecule has 0 spiro atoms. The number of H-pyrrole nitrogens is 1. The number of aromatic nitrogens is 2. The molecule has 1 aromatic heterocycles. The topological polar surface area (TPSA) is 118 Å². The summed E-state index contributed by atoms with van der Waals surface area (Å²) in [6, 6.07) is 0. The number of hydrogen-bond acceptors (Lipinski definition) is 4. The minimum Gasteiger partial charge on any atom is -0.351 e. The first kappa shape index (κ1) is 13.7. The van der Waals surface area contributed by atoms with Crippen molar-refractivity contribution >= 4 is 15.9 Å². The highest BCUT2D eigenvalue weighted by atomic mass is 32.2. The van der Waals surface area contributed by atoms with Crippen LogP contribution >= 0.6 is 0 Å². The van der Waals surface area contributed by atoms with E-state index in [9.17, 15) is 13.2 Å². The van der Waals surface area contributed by atoms with Crippen LogP contribution in [0.3, 0.4) is 0 Å². The van der Waals surface area contributed by atoms with Crippen LogP contribution in [0.25, 0.3) is 0 Å². The second-order valence-corrected chi connectivity index (χ2v) is 5.37. The van der Waals surface area contributed by atoms with E-state index in [-0.39, 0.29) is 16.5 Å². The Morgan fingerprint density at radius 1 is 1.53 bits per heavy atom. The maximum Gasteiger partial charge on any atom is 0.273 e. The van der Waals surface area contributed by atoms with Crippen molar-refractivity contribution in [2.24, 2.45) is 5.14 Å². The summed E-state index contributed by atoms with van der Waals surface area (Å²) in [6.07, 6.45) is 0. The lowest BCUT2D eigenvalue weighted by molar-refractivity contribution is 0.0947. The predicted octanol–water partition coefficient (Wildman–Crippen LogP) is -0.0698. The number of sulfonamides is 1. The van der Waals surface area contributed by atoms with Crippen molar-refractivity contribution in [2.75, 3.05) is 6.54 Å². The standard InChI is InChI=1S/C9H16N4O3S/c1-4-11-9(14)7-8(17(10,15)16)6(5(2)3)12-13-7/h5H,4H2,1-3H3,(H,11,14)(H,12,13)(H2,10,15,16). The highest BCUT2D eigenvalue weighted by Gasteiger charge is 2.28. The zero-order chi connectivity index (χ0) is 13.2. The molecular weight excluding hydrogens is 244 g/mol. The van der Waals surface area contributed by atoms with E-state index in [1.807, 2.05) is 0 Å². The van der Waals surface area contributed by atoms with E-state index in [4.69, 9.17) is 5.14 Å². The summed E-state index contributed by atoms with van der Waals surface area (Å²) in [5.41, 5.74) is 0.159. The highest BCUT2D eigenvalue weighted by Crippen LogP contribution is 2.23. The van der Waals surface area contributed by atoms with Crippen LogP contribution in [-0.2, 0) is 10.0 Å². The molecule has 1 rings (SSSR count). The molecule has 0 aliphatic carbocycles. The molecule has 17 heavy (non-hydrogen) atoms. The van der Waals surface area contributed by atoms with Gasteiger partial charge in [-0.15, -0.1) is 0 Å². The lowest BCUT2D eigenvalue weighted by Gasteiger charge is -2.05. The highest BCUT2D eigenvalue weighted by molar-refractivity contribution is 7.89. The van der Waals surface area contributed by atoms with E-state index in [2.05, 4.69) is 15.5 Å². The van der Waals surface area contributed by atoms with E-state index >= 15 is 0 Å². The van der Waals surface area contributed by atoms with E-state index in [0.29, 0.717) is 12.2 Å². The van der Waals surface area contributed by atoms with Crippen molar-refractivity contribution in [3.8, 4) is 0 Å². The second-order valence-electron chi connectivity index (χ2n) is 3.87. The van der Waals surface area contributed by atoms with Crippen molar-refractivity contribution in [3.63, 3.8) is 0 Å². The molecule has 1 aromatic rings. The molecule has 0 unspecified atom stereocenters. The first-order valence-electron chi connectivity index (χ1n) is 5.18. The van der Waals surface area contributed by atoms with Gasteiger partial charge in [0.2, 0.25) is 10.0 Å². The van der Waals surface area contributed by atoms with Gasteiger partial charge in [0, 0.05) is 6.54 Å². The van der Waals surface area contributed by atoms with Gasteiger partial charge in [-0.05, 0) is 12.8 Å². The van der Waals surface area contributed by atoms with E-state index in [1.165, 1.54) is 0 Å². The van der Waals surface area contributed by atoms with Crippen LogP contribution in [0, 0.1) is 0 Å². The molecule has 0 bridgehead atoms. The summed E-state index contributed by atoms with van der Waals surface area (Å²) in [7, 11) is -3.98. The number of aromatic amines is 1. The van der Waals surface area contributed by atoms with Gasteiger partial charge in [0.25, 0.3) is 5.91 Å². The van der Waals surface area contributed by atoms with Crippen molar-refractivity contribution in [1.29, 1.82) is 0 Å². The Hall–Kier alpha value is -1.41. The fourth-order valence-corrected chi connectivity index (χ4v) is 2.42. The largest absolute Gasteiger partial charge is 0.351 e. The molecule has 0 atom stereocenters. The maximum absolute atomic E-state index is 11.6. The zero-order valence-electron chi connectivity index (χ0n) is 9.94. The number of carbonyl (C=O) groups is 1. The quantitative estimate of drug-likeness (QED) is 0.702. The van der Waals surface area contributed by atoms with Gasteiger partial charge in [-0.2, -0.15) is 5.10 Å². The van der Waals surface area contributed by atoms with Gasteiger partial charge >= 0.3 is 0 Å². The number of primary sulfonamides is 1. The van der Waals surface area contributed by atoms with E-state index in [1.54, 1.807) is 20.8 Å². The molecule has 0 saturated carbocycles. The second kappa shape index (κ2) is 4.84. The summed E-state index contributed by atoms with van der Waals surface area (Å²) in [5.74, 6) is -0.682. The lowest BCUT2D eigenvalue weighted by atomic mass is 10.1. The SMILES string of the molecule is CCNC(=O)c1n[nH]c(C(C)C)c1S(N)(=O)=O. The fourth-order valence-electron chi connectivity index (χ4n) is 1.42. The van der Waals surface area contributed by atoms with Gasteiger partial charge in [-0.25, -0.2) is 13.6 Å². The molecule has 96 valence electrons. The van der Waals surface area contributed by atoms with E-state index < -0.39 is 15.9 Å². The number of hydrogen-bond donors (Lipinski definition) is 3. The minimum absolute atomic E-state index is 0.126. The third kappa shape index (κ3) is 2.83. The monoisotopic (exact) mass is 260 g/mol. The smallest absolute Gasteiger partial charge is 0.273 e. The van der Waals surface area contributed by atoms with Crippen molar-refractivity contribution < 1.29 is 13.2 Å². The van der Waals surface area contributed by atoms with Crippen molar-refractivity contribution in [3.05, 3.63) is 11.4 Å². The van der Waals surface area contributed by atoms with Crippen LogP contribution in [0.4, 0.5) is 0 Å². The Kier molecular flexibility index (Phi) is 3.89. The Labute approximate surface area is 99.8 Å². The molecule has 0 saturated heterocycles. The van der Waals surface area contributed by atoms with Crippen molar-refractivity contribution in [1.82, 2.24) is 15.5 Å². The Morgan fingerprint density at radius 2 is 2.12 bits per heavy atom. The van der Waals surface area contributed by atoms with Gasteiger partial charge in [-0.3, -0.25) is 9.89 Å². The third-order valence-electron chi connectivity index (χ3n) is 2.16. The van der Waals surface area contributed by atoms with Gasteiger partial charge < -0.3 is 5.32 Å². The average molecular weight is 260 g/mol. The van der Waals surface area contributed by atoms with Crippen LogP contribution < -0.4 is 10.5 Å². The van der Waals surface area contributed by atoms with Gasteiger partial charge in [0.1, 0.15) is 4.90 Å². The van der Waals surface area contributed by atoms with Crippen LogP contribution in [0.15, 0.2) is 4.90 Å². The number of nitrogens with two attached hydrogens (primary N) is 1. The summed E-state index contributed by atoms with van der Waals surface area (Å²) in [4.78, 5) is 11.4. The van der Waals surface area contributed by atoms with Crippen LogP contribution in [0.1, 0.15) is 42.9 Å². The number of nitrogens with zero attached hydrogens (tertiary/aromatic N) is 1. The predicted molar refractivity (Wildman–Crippen MR) is 62.1 cm³/mol. The normalized spacial score (nSPS) is 11.8. The molecule has 1 amide bonds. The maximum atomic E-state index is 11.6. The average Bonchev–Trinajstić information content (AvgIpc) is 2.61. The molecule has 0 radical (unpaired) electrons. The fraction of sp³-hybridized carbons (Fsp3) is 0.556. The third-order valence-corrected chi connectivity index (χ3v) is 3.14. The van der Waals surface area contributed by atoms with Crippen LogP contribution in [0.5, 0.6) is 0 Å². The summed E-state index contributed by atoms with van der Waals surface area (Å²) in [5, 5.41) is 13.9. The molecule has 1 heterocycles. The van der Waals surface area contributed by atoms with Gasteiger partial charge in [0.15, 0.2) is 5.69 Å². The summed E-state index contributed by atoms with van der Waals surface area (Å²) >= 11 is 0. The zero-order valence-corrected chi connectivity index (χ0v) is 10.8. The van der Waals surface area contributed by atoms with Crippen molar-refractivity contribution in [2.45, 2.75) is 31.6 Å². The summed E-state index contributed by atoms with van der Waals surface area (Å²) < 4.78 is 23.0. The number of amides is 1. The van der Waals surface area contributed by atoms with Gasteiger partial charge in [0.05, 0.1) is 5.69 Å². The molecule has 0 aliphatic rings. The molecule has 7 nitrogen and oxygen atoms in total. The van der Waals surface area contributed by atoms with Gasteiger partial charge in [-0.1, -0.05) is 13.8 Å². The molecule has 4 N–H and O–H groups in total. The van der Waals surface area contributed by atoms with Crippen LogP contribution in [0.2, 0.25) is 0 Å². The Bertz CT molecular complexity index is 518. The summed E-state index contributed by atoms with van der Waals surface area (Å²) in [6.45, 7) is 5.67. The molecule has 8 heteroatoms. The Morgan fingerprint density at radius 3 is 2.53 bits per heavy atom. The molecule has 0 fully saturated rings. The molecular formula is C9H16N4O3S. The minimum atomic E-state index is -3.98.